The molecule has 0 heterocycles. The van der Waals surface area contributed by atoms with Crippen LogP contribution in [0.1, 0.15) is 30.6 Å². The molecule has 0 unspecified atom stereocenters. The van der Waals surface area contributed by atoms with Gasteiger partial charge in [0, 0.05) is 23.6 Å². The fourth-order valence-corrected chi connectivity index (χ4v) is 3.18. The minimum atomic E-state index is -3.86. The molecule has 0 aromatic heterocycles. The topological polar surface area (TPSA) is 80.5 Å². The van der Waals surface area contributed by atoms with E-state index in [1.54, 1.807) is 18.0 Å². The van der Waals surface area contributed by atoms with Gasteiger partial charge in [0.2, 0.25) is 10.0 Å². The molecule has 0 fully saturated rings. The third-order valence-corrected chi connectivity index (χ3v) is 4.78. The van der Waals surface area contributed by atoms with Gasteiger partial charge < -0.3 is 4.90 Å². The maximum Gasteiger partial charge on any atom is 0.253 e. The molecule has 7 heteroatoms. The molecule has 0 bridgehead atoms. The van der Waals surface area contributed by atoms with E-state index in [4.69, 9.17) is 5.14 Å². The van der Waals surface area contributed by atoms with Crippen molar-refractivity contribution in [3.63, 3.8) is 0 Å². The van der Waals surface area contributed by atoms with Crippen LogP contribution < -0.4 is 5.14 Å². The Labute approximate surface area is 128 Å². The van der Waals surface area contributed by atoms with Crippen molar-refractivity contribution >= 4 is 31.9 Å². The van der Waals surface area contributed by atoms with Gasteiger partial charge in [-0.15, -0.1) is 0 Å². The first-order valence-corrected chi connectivity index (χ1v) is 8.54. The van der Waals surface area contributed by atoms with Crippen LogP contribution in [0.15, 0.2) is 27.6 Å². The van der Waals surface area contributed by atoms with E-state index in [-0.39, 0.29) is 10.8 Å². The number of rotatable bonds is 5. The van der Waals surface area contributed by atoms with Crippen LogP contribution in [0, 0.1) is 5.92 Å². The Hall–Kier alpha value is -0.920. The Morgan fingerprint density at radius 2 is 2.00 bits per heavy atom. The highest BCUT2D eigenvalue weighted by Gasteiger charge is 2.18. The molecule has 1 aromatic rings. The normalized spacial score (nSPS) is 11.7. The van der Waals surface area contributed by atoms with E-state index in [1.165, 1.54) is 12.1 Å². The van der Waals surface area contributed by atoms with Gasteiger partial charge in [0.1, 0.15) is 0 Å². The van der Waals surface area contributed by atoms with Crippen LogP contribution in [0.4, 0.5) is 0 Å². The molecule has 0 atom stereocenters. The highest BCUT2D eigenvalue weighted by atomic mass is 79.9. The van der Waals surface area contributed by atoms with E-state index in [9.17, 15) is 13.2 Å². The Morgan fingerprint density at radius 1 is 1.40 bits per heavy atom. The molecule has 0 saturated heterocycles. The Bertz CT molecular complexity index is 600. The second kappa shape index (κ2) is 6.69. The van der Waals surface area contributed by atoms with E-state index in [2.05, 4.69) is 29.8 Å². The van der Waals surface area contributed by atoms with Crippen LogP contribution in [0.2, 0.25) is 0 Å². The Balaban J connectivity index is 3.00. The summed E-state index contributed by atoms with van der Waals surface area (Å²) in [6.45, 7) is 4.78. The summed E-state index contributed by atoms with van der Waals surface area (Å²) in [4.78, 5) is 13.7. The van der Waals surface area contributed by atoms with Crippen molar-refractivity contribution in [1.82, 2.24) is 4.90 Å². The lowest BCUT2D eigenvalue weighted by Crippen LogP contribution is -2.28. The zero-order chi connectivity index (χ0) is 15.5. The van der Waals surface area contributed by atoms with Gasteiger partial charge in [0.15, 0.2) is 0 Å². The molecule has 0 spiro atoms. The largest absolute Gasteiger partial charge is 0.342 e. The third kappa shape index (κ3) is 4.57. The molecule has 1 amide bonds. The summed E-state index contributed by atoms with van der Waals surface area (Å²) in [7, 11) is -2.16. The number of benzene rings is 1. The first-order chi connectivity index (χ1) is 9.12. The van der Waals surface area contributed by atoms with Crippen LogP contribution >= 0.6 is 15.9 Å². The van der Waals surface area contributed by atoms with Crippen molar-refractivity contribution in [1.29, 1.82) is 0 Å². The number of nitrogens with zero attached hydrogens (tertiary/aromatic N) is 1. The molecule has 0 aliphatic rings. The molecule has 0 aliphatic heterocycles. The van der Waals surface area contributed by atoms with E-state index >= 15 is 0 Å². The smallest absolute Gasteiger partial charge is 0.253 e. The van der Waals surface area contributed by atoms with Gasteiger partial charge >= 0.3 is 0 Å². The molecule has 20 heavy (non-hydrogen) atoms. The molecular weight excluding hydrogens is 344 g/mol. The molecular formula is C13H19BrN2O3S. The van der Waals surface area contributed by atoms with Gasteiger partial charge in [-0.1, -0.05) is 13.8 Å². The van der Waals surface area contributed by atoms with Crippen molar-refractivity contribution in [3.8, 4) is 0 Å². The fraction of sp³-hybridized carbons (Fsp3) is 0.462. The Morgan fingerprint density at radius 3 is 2.50 bits per heavy atom. The van der Waals surface area contributed by atoms with Crippen molar-refractivity contribution in [2.45, 2.75) is 25.2 Å². The summed E-state index contributed by atoms with van der Waals surface area (Å²) in [5.41, 5.74) is 0.309. The van der Waals surface area contributed by atoms with Crippen LogP contribution in [0.25, 0.3) is 0 Å². The van der Waals surface area contributed by atoms with Gasteiger partial charge in [-0.25, -0.2) is 13.6 Å². The maximum absolute atomic E-state index is 12.2. The number of hydrogen-bond acceptors (Lipinski definition) is 3. The first-order valence-electron chi connectivity index (χ1n) is 6.20. The molecule has 0 aliphatic carbocycles. The van der Waals surface area contributed by atoms with E-state index in [0.717, 1.165) is 6.42 Å². The number of carbonyl (C=O) groups excluding carboxylic acids is 1. The lowest BCUT2D eigenvalue weighted by atomic mass is 10.1. The minimum absolute atomic E-state index is 0.0828. The summed E-state index contributed by atoms with van der Waals surface area (Å²) < 4.78 is 23.2. The first kappa shape index (κ1) is 17.1. The van der Waals surface area contributed by atoms with E-state index in [0.29, 0.717) is 22.5 Å². The second-order valence-corrected chi connectivity index (χ2v) is 7.48. The van der Waals surface area contributed by atoms with Gasteiger partial charge in [0.05, 0.1) is 4.90 Å². The number of primary sulfonamides is 1. The van der Waals surface area contributed by atoms with Gasteiger partial charge in [0.25, 0.3) is 5.91 Å². The van der Waals surface area contributed by atoms with Crippen LogP contribution in [0.5, 0.6) is 0 Å². The van der Waals surface area contributed by atoms with Gasteiger partial charge in [-0.3, -0.25) is 4.79 Å². The number of amides is 1. The van der Waals surface area contributed by atoms with Gasteiger partial charge in [-0.2, -0.15) is 0 Å². The molecule has 1 aromatic carbocycles. The molecule has 0 radical (unpaired) electrons. The lowest BCUT2D eigenvalue weighted by Gasteiger charge is -2.18. The lowest BCUT2D eigenvalue weighted by molar-refractivity contribution is 0.0789. The summed E-state index contributed by atoms with van der Waals surface area (Å²) in [5, 5.41) is 5.12. The molecule has 112 valence electrons. The summed E-state index contributed by atoms with van der Waals surface area (Å²) in [5.74, 6) is 0.276. The zero-order valence-corrected chi connectivity index (χ0v) is 14.2. The molecule has 2 N–H and O–H groups in total. The highest BCUT2D eigenvalue weighted by molar-refractivity contribution is 9.10. The summed E-state index contributed by atoms with van der Waals surface area (Å²) in [6, 6.07) is 4.39. The van der Waals surface area contributed by atoms with E-state index in [1.807, 2.05) is 0 Å². The van der Waals surface area contributed by atoms with Crippen LogP contribution in [0.3, 0.4) is 0 Å². The molecule has 0 saturated carbocycles. The van der Waals surface area contributed by atoms with Crippen molar-refractivity contribution in [2.75, 3.05) is 13.6 Å². The number of carbonyl (C=O) groups is 1. The Kier molecular flexibility index (Phi) is 5.73. The zero-order valence-electron chi connectivity index (χ0n) is 11.8. The summed E-state index contributed by atoms with van der Waals surface area (Å²) >= 11 is 3.12. The minimum Gasteiger partial charge on any atom is -0.342 e. The highest BCUT2D eigenvalue weighted by Crippen LogP contribution is 2.22. The van der Waals surface area contributed by atoms with Crippen molar-refractivity contribution in [3.05, 3.63) is 28.2 Å². The quantitative estimate of drug-likeness (QED) is 0.871. The monoisotopic (exact) mass is 362 g/mol. The standard InChI is InChI=1S/C13H19BrN2O3S/c1-9(2)6-7-16(3)13(17)10-4-5-11(14)12(8-10)20(15,18)19/h4-5,8-9H,6-7H2,1-3H3,(H2,15,18,19). The second-order valence-electron chi connectivity index (χ2n) is 5.10. The van der Waals surface area contributed by atoms with Crippen LogP contribution in [-0.2, 0) is 10.0 Å². The predicted molar refractivity (Wildman–Crippen MR) is 81.9 cm³/mol. The molecule has 5 nitrogen and oxygen atoms in total. The molecule has 1 rings (SSSR count). The predicted octanol–water partition coefficient (Wildman–Crippen LogP) is 2.21. The third-order valence-electron chi connectivity index (χ3n) is 2.87. The SMILES string of the molecule is CC(C)CCN(C)C(=O)c1ccc(Br)c(S(N)(=O)=O)c1. The number of hydrogen-bond donors (Lipinski definition) is 1. The number of nitrogens with two attached hydrogens (primary N) is 1. The fourth-order valence-electron chi connectivity index (χ4n) is 1.63. The number of halogens is 1. The van der Waals surface area contributed by atoms with Crippen molar-refractivity contribution in [2.24, 2.45) is 11.1 Å². The van der Waals surface area contributed by atoms with Gasteiger partial charge in [-0.05, 0) is 46.5 Å². The summed E-state index contributed by atoms with van der Waals surface area (Å²) in [6.07, 6.45) is 0.890. The average Bonchev–Trinajstić information content (AvgIpc) is 2.34. The van der Waals surface area contributed by atoms with Crippen molar-refractivity contribution < 1.29 is 13.2 Å². The number of sulfonamides is 1. The van der Waals surface area contributed by atoms with Crippen LogP contribution in [-0.4, -0.2) is 32.8 Å². The van der Waals surface area contributed by atoms with E-state index < -0.39 is 10.0 Å². The average molecular weight is 363 g/mol. The maximum atomic E-state index is 12.2.